The number of rotatable bonds is 6. The fraction of sp³-hybridized carbons (Fsp3) is 0.615. The number of unbranched alkanes of at least 4 members (excludes halogenated alkanes) is 3. The molecule has 0 N–H and O–H groups in total. The monoisotopic (exact) mass is 191 g/mol. The molecule has 0 atom stereocenters. The van der Waals surface area contributed by atoms with Gasteiger partial charge in [0.15, 0.2) is 0 Å². The van der Waals surface area contributed by atoms with Gasteiger partial charge >= 0.3 is 0 Å². The van der Waals surface area contributed by atoms with E-state index < -0.39 is 0 Å². The highest BCUT2D eigenvalue weighted by Gasteiger charge is 1.99. The van der Waals surface area contributed by atoms with Crippen molar-refractivity contribution in [3.05, 3.63) is 29.6 Å². The molecule has 0 saturated heterocycles. The van der Waals surface area contributed by atoms with Crippen molar-refractivity contribution in [2.45, 2.75) is 52.4 Å². The molecule has 14 heavy (non-hydrogen) atoms. The Balaban J connectivity index is 2.41. The molecule has 0 aromatic carbocycles. The molecule has 78 valence electrons. The van der Waals surface area contributed by atoms with Crippen LogP contribution in [0.5, 0.6) is 0 Å². The van der Waals surface area contributed by atoms with E-state index in [1.165, 1.54) is 43.2 Å². The summed E-state index contributed by atoms with van der Waals surface area (Å²) < 4.78 is 0. The molecule has 0 aliphatic heterocycles. The van der Waals surface area contributed by atoms with E-state index in [0.717, 1.165) is 6.42 Å². The summed E-state index contributed by atoms with van der Waals surface area (Å²) in [4.78, 5) is 4.16. The van der Waals surface area contributed by atoms with Crippen LogP contribution in [0.2, 0.25) is 0 Å². The lowest BCUT2D eigenvalue weighted by Gasteiger charge is -2.06. The number of aryl methyl sites for hydroxylation is 2. The van der Waals surface area contributed by atoms with Crippen LogP contribution in [0.25, 0.3) is 0 Å². The molecule has 1 rings (SSSR count). The molecule has 1 nitrogen and oxygen atoms in total. The smallest absolute Gasteiger partial charge is 0.0302 e. The van der Waals surface area contributed by atoms with Gasteiger partial charge in [-0.1, -0.05) is 33.1 Å². The lowest BCUT2D eigenvalue weighted by Crippen LogP contribution is -1.94. The first-order chi connectivity index (χ1) is 6.88. The fourth-order valence-electron chi connectivity index (χ4n) is 1.76. The summed E-state index contributed by atoms with van der Waals surface area (Å²) >= 11 is 0. The Labute approximate surface area is 87.6 Å². The molecule has 0 amide bonds. The van der Waals surface area contributed by atoms with E-state index in [4.69, 9.17) is 0 Å². The average Bonchev–Trinajstić information content (AvgIpc) is 2.25. The first-order valence-corrected chi connectivity index (χ1v) is 5.80. The molecule has 0 saturated carbocycles. The molecule has 0 aliphatic rings. The first-order valence-electron chi connectivity index (χ1n) is 5.80. The zero-order valence-corrected chi connectivity index (χ0v) is 9.42. The molecule has 0 unspecified atom stereocenters. The predicted molar refractivity (Wildman–Crippen MR) is 61.5 cm³/mol. The molecular weight excluding hydrogens is 170 g/mol. The summed E-state index contributed by atoms with van der Waals surface area (Å²) in [6, 6.07) is 2.17. The van der Waals surface area contributed by atoms with Crippen LogP contribution in [0.4, 0.5) is 0 Å². The third-order valence-corrected chi connectivity index (χ3v) is 2.69. The highest BCUT2D eigenvalue weighted by molar-refractivity contribution is 5.23. The van der Waals surface area contributed by atoms with Gasteiger partial charge < -0.3 is 0 Å². The maximum atomic E-state index is 4.16. The third-order valence-electron chi connectivity index (χ3n) is 2.69. The minimum Gasteiger partial charge on any atom is -0.264 e. The summed E-state index contributed by atoms with van der Waals surface area (Å²) in [5.41, 5.74) is 2.92. The Morgan fingerprint density at radius 3 is 2.64 bits per heavy atom. The van der Waals surface area contributed by atoms with Gasteiger partial charge in [0.2, 0.25) is 0 Å². The second kappa shape index (κ2) is 6.58. The number of pyridine rings is 1. The second-order valence-corrected chi connectivity index (χ2v) is 3.81. The fourth-order valence-corrected chi connectivity index (χ4v) is 1.76. The third kappa shape index (κ3) is 3.49. The minimum atomic E-state index is 1.11. The van der Waals surface area contributed by atoms with Crippen LogP contribution in [0, 0.1) is 0 Å². The van der Waals surface area contributed by atoms with Crippen molar-refractivity contribution in [2.75, 3.05) is 0 Å². The average molecular weight is 191 g/mol. The van der Waals surface area contributed by atoms with Crippen LogP contribution in [0.15, 0.2) is 18.5 Å². The predicted octanol–water partition coefficient (Wildman–Crippen LogP) is 3.77. The molecule has 0 radical (unpaired) electrons. The highest BCUT2D eigenvalue weighted by atomic mass is 14.6. The van der Waals surface area contributed by atoms with Gasteiger partial charge in [0, 0.05) is 12.4 Å². The van der Waals surface area contributed by atoms with E-state index in [1.54, 1.807) is 0 Å². The van der Waals surface area contributed by atoms with Gasteiger partial charge in [0.05, 0.1) is 0 Å². The van der Waals surface area contributed by atoms with Gasteiger partial charge in [-0.05, 0) is 36.5 Å². The van der Waals surface area contributed by atoms with Crippen molar-refractivity contribution in [1.82, 2.24) is 4.98 Å². The zero-order valence-electron chi connectivity index (χ0n) is 9.42. The zero-order chi connectivity index (χ0) is 10.2. The number of aromatic nitrogens is 1. The number of hydrogen-bond donors (Lipinski definition) is 0. The van der Waals surface area contributed by atoms with E-state index in [2.05, 4.69) is 24.9 Å². The van der Waals surface area contributed by atoms with Gasteiger partial charge in [-0.25, -0.2) is 0 Å². The van der Waals surface area contributed by atoms with Crippen molar-refractivity contribution >= 4 is 0 Å². The molecule has 1 heterocycles. The Morgan fingerprint density at radius 2 is 1.93 bits per heavy atom. The standard InChI is InChI=1S/C13H21N/c1-3-5-6-7-8-13-9-10-14-11-12(13)4-2/h9-11H,3-8H2,1-2H3. The van der Waals surface area contributed by atoms with Crippen LogP contribution < -0.4 is 0 Å². The lowest BCUT2D eigenvalue weighted by atomic mass is 10.0. The molecule has 1 aromatic heterocycles. The topological polar surface area (TPSA) is 12.9 Å². The van der Waals surface area contributed by atoms with Crippen LogP contribution in [-0.2, 0) is 12.8 Å². The SMILES string of the molecule is CCCCCCc1ccncc1CC. The summed E-state index contributed by atoms with van der Waals surface area (Å²) in [6.07, 6.45) is 11.6. The quantitative estimate of drug-likeness (QED) is 0.624. The van der Waals surface area contributed by atoms with E-state index in [0.29, 0.717) is 0 Å². The Bertz CT molecular complexity index is 255. The van der Waals surface area contributed by atoms with Crippen LogP contribution in [0.3, 0.4) is 0 Å². The maximum absolute atomic E-state index is 4.16. The summed E-state index contributed by atoms with van der Waals surface area (Å²) in [6.45, 7) is 4.45. The lowest BCUT2D eigenvalue weighted by molar-refractivity contribution is 0.664. The van der Waals surface area contributed by atoms with Gasteiger partial charge in [-0.15, -0.1) is 0 Å². The molecule has 0 bridgehead atoms. The maximum Gasteiger partial charge on any atom is 0.0302 e. The second-order valence-electron chi connectivity index (χ2n) is 3.81. The summed E-state index contributed by atoms with van der Waals surface area (Å²) in [5.74, 6) is 0. The van der Waals surface area contributed by atoms with Gasteiger partial charge in [0.1, 0.15) is 0 Å². The van der Waals surface area contributed by atoms with Gasteiger partial charge in [0.25, 0.3) is 0 Å². The summed E-state index contributed by atoms with van der Waals surface area (Å²) in [7, 11) is 0. The minimum absolute atomic E-state index is 1.11. The van der Waals surface area contributed by atoms with E-state index in [-0.39, 0.29) is 0 Å². The molecule has 1 aromatic rings. The van der Waals surface area contributed by atoms with E-state index >= 15 is 0 Å². The van der Waals surface area contributed by atoms with E-state index in [9.17, 15) is 0 Å². The molecule has 0 aliphatic carbocycles. The Hall–Kier alpha value is -0.850. The van der Waals surface area contributed by atoms with Crippen molar-refractivity contribution in [1.29, 1.82) is 0 Å². The largest absolute Gasteiger partial charge is 0.264 e. The number of hydrogen-bond acceptors (Lipinski definition) is 1. The van der Waals surface area contributed by atoms with Crippen LogP contribution in [0.1, 0.15) is 50.7 Å². The Morgan fingerprint density at radius 1 is 1.07 bits per heavy atom. The van der Waals surface area contributed by atoms with Crippen molar-refractivity contribution in [3.63, 3.8) is 0 Å². The normalized spacial score (nSPS) is 10.4. The molecule has 0 spiro atoms. The van der Waals surface area contributed by atoms with Crippen LogP contribution >= 0.6 is 0 Å². The highest BCUT2D eigenvalue weighted by Crippen LogP contribution is 2.12. The Kier molecular flexibility index (Phi) is 5.28. The van der Waals surface area contributed by atoms with Gasteiger partial charge in [-0.3, -0.25) is 4.98 Å². The number of nitrogens with zero attached hydrogens (tertiary/aromatic N) is 1. The van der Waals surface area contributed by atoms with Crippen molar-refractivity contribution in [2.24, 2.45) is 0 Å². The van der Waals surface area contributed by atoms with Crippen molar-refractivity contribution in [3.8, 4) is 0 Å². The van der Waals surface area contributed by atoms with Crippen LogP contribution in [-0.4, -0.2) is 4.98 Å². The molecule has 0 fully saturated rings. The van der Waals surface area contributed by atoms with Crippen molar-refractivity contribution < 1.29 is 0 Å². The van der Waals surface area contributed by atoms with E-state index in [1.807, 2.05) is 12.4 Å². The summed E-state index contributed by atoms with van der Waals surface area (Å²) in [5, 5.41) is 0. The molecule has 1 heteroatoms. The first kappa shape index (κ1) is 11.2. The molecular formula is C13H21N. The van der Waals surface area contributed by atoms with Gasteiger partial charge in [-0.2, -0.15) is 0 Å².